The number of benzene rings is 1. The Morgan fingerprint density at radius 1 is 1.43 bits per heavy atom. The van der Waals surface area contributed by atoms with Crippen molar-refractivity contribution >= 4 is 23.5 Å². The van der Waals surface area contributed by atoms with Gasteiger partial charge in [-0.2, -0.15) is 10.4 Å². The van der Waals surface area contributed by atoms with E-state index in [0.717, 1.165) is 22.6 Å². The maximum absolute atomic E-state index is 11.9. The Labute approximate surface area is 127 Å². The minimum Gasteiger partial charge on any atom is -0.310 e. The minimum absolute atomic E-state index is 0.0135. The number of amides is 1. The zero-order chi connectivity index (χ0) is 15.0. The summed E-state index contributed by atoms with van der Waals surface area (Å²) >= 11 is 1.58. The van der Waals surface area contributed by atoms with E-state index in [9.17, 15) is 4.79 Å². The summed E-state index contributed by atoms with van der Waals surface area (Å²) in [5.41, 5.74) is 3.66. The van der Waals surface area contributed by atoms with Gasteiger partial charge >= 0.3 is 0 Å². The largest absolute Gasteiger partial charge is 0.310 e. The number of fused-ring (bicyclic) bond motifs is 1. The van der Waals surface area contributed by atoms with Crippen LogP contribution < -0.4 is 5.32 Å². The van der Waals surface area contributed by atoms with Crippen LogP contribution in [0.2, 0.25) is 0 Å². The molecule has 5 nitrogen and oxygen atoms in total. The summed E-state index contributed by atoms with van der Waals surface area (Å²) in [5, 5.41) is 16.3. The van der Waals surface area contributed by atoms with Crippen LogP contribution in [0.25, 0.3) is 0 Å². The number of rotatable bonds is 1. The topological polar surface area (TPSA) is 70.7 Å². The number of aromatic nitrogens is 2. The molecule has 1 N–H and O–H groups in total. The number of thioether (sulfide) groups is 1. The molecule has 0 saturated carbocycles. The fourth-order valence-corrected chi connectivity index (χ4v) is 3.73. The summed E-state index contributed by atoms with van der Waals surface area (Å²) in [6, 6.07) is 9.63. The Bertz CT molecular complexity index is 742. The Balaban J connectivity index is 2.10. The number of hydrogen-bond donors (Lipinski definition) is 1. The molecule has 0 aliphatic carbocycles. The lowest BCUT2D eigenvalue weighted by Gasteiger charge is -2.15. The summed E-state index contributed by atoms with van der Waals surface area (Å²) in [7, 11) is 1.83. The van der Waals surface area contributed by atoms with Crippen molar-refractivity contribution in [2.45, 2.75) is 12.2 Å². The maximum Gasteiger partial charge on any atom is 0.235 e. The van der Waals surface area contributed by atoms with Gasteiger partial charge in [0.25, 0.3) is 0 Å². The molecule has 1 atom stereocenters. The molecule has 1 aliphatic heterocycles. The predicted octanol–water partition coefficient (Wildman–Crippen LogP) is 2.37. The van der Waals surface area contributed by atoms with Gasteiger partial charge in [-0.3, -0.25) is 9.48 Å². The monoisotopic (exact) mass is 298 g/mol. The van der Waals surface area contributed by atoms with Gasteiger partial charge < -0.3 is 5.32 Å². The number of carbonyl (C=O) groups is 1. The molecule has 2 aromatic rings. The highest BCUT2D eigenvalue weighted by atomic mass is 32.2. The normalized spacial score (nSPS) is 17.6. The van der Waals surface area contributed by atoms with Crippen molar-refractivity contribution in [1.82, 2.24) is 9.78 Å². The molecule has 6 heteroatoms. The summed E-state index contributed by atoms with van der Waals surface area (Å²) in [4.78, 5) is 11.9. The Morgan fingerprint density at radius 3 is 2.81 bits per heavy atom. The molecule has 1 amide bonds. The Kier molecular flexibility index (Phi) is 3.43. The molecule has 1 aromatic heterocycles. The van der Waals surface area contributed by atoms with Gasteiger partial charge in [0.1, 0.15) is 5.82 Å². The number of nitrogens with one attached hydrogen (secondary N) is 1. The van der Waals surface area contributed by atoms with Crippen LogP contribution in [-0.4, -0.2) is 21.4 Å². The first kappa shape index (κ1) is 13.7. The first-order valence-corrected chi connectivity index (χ1v) is 7.60. The van der Waals surface area contributed by atoms with Gasteiger partial charge in [0.2, 0.25) is 5.91 Å². The van der Waals surface area contributed by atoms with Gasteiger partial charge in [0.15, 0.2) is 0 Å². The van der Waals surface area contributed by atoms with Crippen molar-refractivity contribution < 1.29 is 4.79 Å². The fourth-order valence-electron chi connectivity index (χ4n) is 2.54. The van der Waals surface area contributed by atoms with Crippen molar-refractivity contribution in [3.63, 3.8) is 0 Å². The van der Waals surface area contributed by atoms with Gasteiger partial charge in [-0.25, -0.2) is 0 Å². The summed E-state index contributed by atoms with van der Waals surface area (Å²) in [5.74, 6) is 1.15. The first-order chi connectivity index (χ1) is 10.1. The maximum atomic E-state index is 11.9. The second kappa shape index (κ2) is 5.26. The van der Waals surface area contributed by atoms with Crippen LogP contribution in [-0.2, 0) is 11.8 Å². The number of carbonyl (C=O) groups excluding carboxylic acids is 1. The molecule has 1 aliphatic rings. The average Bonchev–Trinajstić information content (AvgIpc) is 2.66. The van der Waals surface area contributed by atoms with Crippen LogP contribution in [0.4, 0.5) is 5.82 Å². The summed E-state index contributed by atoms with van der Waals surface area (Å²) in [6.07, 6.45) is 0. The first-order valence-electron chi connectivity index (χ1n) is 6.55. The van der Waals surface area contributed by atoms with Crippen LogP contribution in [0.5, 0.6) is 0 Å². The van der Waals surface area contributed by atoms with E-state index in [4.69, 9.17) is 5.26 Å². The molecule has 0 unspecified atom stereocenters. The third-order valence-corrected chi connectivity index (χ3v) is 4.78. The Morgan fingerprint density at radius 2 is 2.14 bits per heavy atom. The van der Waals surface area contributed by atoms with E-state index in [-0.39, 0.29) is 11.2 Å². The molecule has 1 aromatic carbocycles. The molecular formula is C15H14N4OS. The van der Waals surface area contributed by atoms with E-state index in [1.807, 2.05) is 26.1 Å². The second-order valence-corrected chi connectivity index (χ2v) is 6.04. The summed E-state index contributed by atoms with van der Waals surface area (Å²) in [6.45, 7) is 1.95. The van der Waals surface area contributed by atoms with Gasteiger partial charge in [0, 0.05) is 12.6 Å². The minimum atomic E-state index is -0.0135. The van der Waals surface area contributed by atoms with Crippen LogP contribution >= 0.6 is 11.8 Å². The van der Waals surface area contributed by atoms with E-state index >= 15 is 0 Å². The van der Waals surface area contributed by atoms with Gasteiger partial charge in [-0.05, 0) is 24.6 Å². The van der Waals surface area contributed by atoms with E-state index in [2.05, 4.69) is 16.5 Å². The molecule has 0 radical (unpaired) electrons. The highest BCUT2D eigenvalue weighted by molar-refractivity contribution is 8.00. The number of aryl methyl sites for hydroxylation is 2. The highest BCUT2D eigenvalue weighted by Crippen LogP contribution is 2.42. The lowest BCUT2D eigenvalue weighted by molar-refractivity contribution is -0.113. The van der Waals surface area contributed by atoms with Crippen molar-refractivity contribution in [1.29, 1.82) is 5.26 Å². The van der Waals surface area contributed by atoms with Crippen LogP contribution in [0.15, 0.2) is 24.3 Å². The molecule has 0 saturated heterocycles. The predicted molar refractivity (Wildman–Crippen MR) is 82.0 cm³/mol. The standard InChI is InChI=1S/C15H14N4OS/c1-9-13-14(11-5-3-10(7-16)4-6-11)21-8-12(20)17-15(13)19(2)18-9/h3-6,14H,8H2,1-2H3,(H,17,20)/t14-/m0/s1. The number of nitrogens with zero attached hydrogens (tertiary/aromatic N) is 3. The van der Waals surface area contributed by atoms with Gasteiger partial charge in [-0.1, -0.05) is 12.1 Å². The molecule has 0 bridgehead atoms. The van der Waals surface area contributed by atoms with Gasteiger partial charge in [0.05, 0.1) is 28.3 Å². The van der Waals surface area contributed by atoms with E-state index < -0.39 is 0 Å². The van der Waals surface area contributed by atoms with Crippen molar-refractivity contribution in [3.05, 3.63) is 46.6 Å². The zero-order valence-corrected chi connectivity index (χ0v) is 12.6. The molecule has 3 rings (SSSR count). The van der Waals surface area contributed by atoms with Crippen molar-refractivity contribution in [2.24, 2.45) is 7.05 Å². The second-order valence-electron chi connectivity index (χ2n) is 4.94. The molecule has 2 heterocycles. The quantitative estimate of drug-likeness (QED) is 0.877. The molecular weight excluding hydrogens is 284 g/mol. The highest BCUT2D eigenvalue weighted by Gasteiger charge is 2.29. The van der Waals surface area contributed by atoms with E-state index in [1.165, 1.54) is 0 Å². The third kappa shape index (κ3) is 2.41. The van der Waals surface area contributed by atoms with Crippen LogP contribution in [0.3, 0.4) is 0 Å². The van der Waals surface area contributed by atoms with Crippen molar-refractivity contribution in [2.75, 3.05) is 11.1 Å². The Hall–Kier alpha value is -2.26. The van der Waals surface area contributed by atoms with E-state index in [1.54, 1.807) is 28.6 Å². The molecule has 21 heavy (non-hydrogen) atoms. The van der Waals surface area contributed by atoms with Crippen LogP contribution in [0, 0.1) is 18.3 Å². The molecule has 0 fully saturated rings. The smallest absolute Gasteiger partial charge is 0.235 e. The lowest BCUT2D eigenvalue weighted by atomic mass is 10.0. The third-order valence-electron chi connectivity index (χ3n) is 3.51. The number of nitriles is 1. The SMILES string of the molecule is Cc1nn(C)c2c1[C@H](c1ccc(C#N)cc1)SCC(=O)N2. The van der Waals surface area contributed by atoms with Crippen LogP contribution in [0.1, 0.15) is 27.6 Å². The van der Waals surface area contributed by atoms with Gasteiger partial charge in [-0.15, -0.1) is 11.8 Å². The van der Waals surface area contributed by atoms with Crippen molar-refractivity contribution in [3.8, 4) is 6.07 Å². The summed E-state index contributed by atoms with van der Waals surface area (Å²) < 4.78 is 1.71. The number of anilines is 1. The molecule has 106 valence electrons. The van der Waals surface area contributed by atoms with E-state index in [0.29, 0.717) is 11.3 Å². The lowest BCUT2D eigenvalue weighted by Crippen LogP contribution is -2.15. The fraction of sp³-hybridized carbons (Fsp3) is 0.267. The number of hydrogen-bond acceptors (Lipinski definition) is 4. The zero-order valence-electron chi connectivity index (χ0n) is 11.8. The average molecular weight is 298 g/mol. The molecule has 0 spiro atoms.